The van der Waals surface area contributed by atoms with E-state index in [1.165, 1.54) is 6.08 Å². The van der Waals surface area contributed by atoms with Crippen molar-refractivity contribution in [2.45, 2.75) is 57.2 Å². The highest BCUT2D eigenvalue weighted by Crippen LogP contribution is 2.32. The summed E-state index contributed by atoms with van der Waals surface area (Å²) in [4.78, 5) is 24.2. The van der Waals surface area contributed by atoms with Gasteiger partial charge in [-0.25, -0.2) is 0 Å². The summed E-state index contributed by atoms with van der Waals surface area (Å²) in [5.74, 6) is -0.762. The van der Waals surface area contributed by atoms with Gasteiger partial charge >= 0.3 is 12.1 Å². The van der Waals surface area contributed by atoms with Gasteiger partial charge in [0.05, 0.1) is 11.5 Å². The number of hydrogen-bond acceptors (Lipinski definition) is 3. The number of allylic oxidation sites excluding steroid dienone is 6. The predicted molar refractivity (Wildman–Crippen MR) is 97.1 cm³/mol. The molecule has 0 aromatic heterocycles. The number of rotatable bonds is 3. The van der Waals surface area contributed by atoms with Crippen LogP contribution in [0.2, 0.25) is 0 Å². The van der Waals surface area contributed by atoms with Crippen molar-refractivity contribution in [1.82, 2.24) is 0 Å². The van der Waals surface area contributed by atoms with E-state index in [4.69, 9.17) is 16.3 Å². The van der Waals surface area contributed by atoms with E-state index in [1.807, 2.05) is 12.2 Å². The fraction of sp³-hybridized carbons (Fsp3) is 0.500. The average Bonchev–Trinajstić information content (AvgIpc) is 2.85. The van der Waals surface area contributed by atoms with Crippen LogP contribution in [0.25, 0.3) is 0 Å². The molecule has 27 heavy (non-hydrogen) atoms. The molecule has 0 saturated carbocycles. The maximum absolute atomic E-state index is 12.2. The highest BCUT2D eigenvalue weighted by molar-refractivity contribution is 6.46. The minimum Gasteiger partial charge on any atom is -0.462 e. The van der Waals surface area contributed by atoms with E-state index in [0.29, 0.717) is 24.8 Å². The average molecular weight is 403 g/mol. The third kappa shape index (κ3) is 7.37. The second-order valence-corrected chi connectivity index (χ2v) is 6.99. The lowest BCUT2D eigenvalue weighted by molar-refractivity contribution is -0.149. The fourth-order valence-electron chi connectivity index (χ4n) is 2.97. The molecular formula is C20H22ClF3O3. The molecule has 0 N–H and O–H groups in total. The first-order valence-electron chi connectivity index (χ1n) is 8.94. The van der Waals surface area contributed by atoms with E-state index in [0.717, 1.165) is 6.08 Å². The van der Waals surface area contributed by atoms with E-state index >= 15 is 0 Å². The molecule has 7 heteroatoms. The summed E-state index contributed by atoms with van der Waals surface area (Å²) in [6.07, 6.45) is 6.45. The van der Waals surface area contributed by atoms with Crippen LogP contribution in [-0.2, 0) is 14.3 Å². The van der Waals surface area contributed by atoms with Crippen molar-refractivity contribution < 1.29 is 27.5 Å². The molecule has 0 aromatic rings. The lowest BCUT2D eigenvalue weighted by Crippen LogP contribution is -2.17. The molecule has 2 atom stereocenters. The van der Waals surface area contributed by atoms with Crippen molar-refractivity contribution in [3.63, 3.8) is 0 Å². The summed E-state index contributed by atoms with van der Waals surface area (Å²) in [6.45, 7) is 0. The van der Waals surface area contributed by atoms with E-state index in [2.05, 4.69) is 0 Å². The highest BCUT2D eigenvalue weighted by atomic mass is 35.5. The molecular weight excluding hydrogens is 381 g/mol. The topological polar surface area (TPSA) is 43.4 Å². The summed E-state index contributed by atoms with van der Waals surface area (Å²) in [6, 6.07) is 0. The third-order valence-corrected chi connectivity index (χ3v) is 4.65. The van der Waals surface area contributed by atoms with Gasteiger partial charge in [-0.05, 0) is 19.3 Å². The Morgan fingerprint density at radius 1 is 1.19 bits per heavy atom. The SMILES string of the molecule is O=C1CCC/C=C\C[C@H]2C=C(Cl)C(=O)/C2=C/C[C@H](C/C=C\CC(F)(F)F)O1. The molecule has 1 heterocycles. The Hall–Kier alpha value is -1.82. The first-order chi connectivity index (χ1) is 12.8. The van der Waals surface area contributed by atoms with Crippen LogP contribution in [0.1, 0.15) is 44.9 Å². The molecule has 3 nitrogen and oxygen atoms in total. The van der Waals surface area contributed by atoms with Gasteiger partial charge in [0.1, 0.15) is 6.10 Å². The first-order valence-corrected chi connectivity index (χ1v) is 9.32. The molecule has 1 aliphatic heterocycles. The zero-order valence-electron chi connectivity index (χ0n) is 14.8. The van der Waals surface area contributed by atoms with Crippen molar-refractivity contribution >= 4 is 23.4 Å². The van der Waals surface area contributed by atoms with E-state index in [-0.39, 0.29) is 42.0 Å². The van der Waals surface area contributed by atoms with Gasteiger partial charge in [-0.1, -0.05) is 48.1 Å². The molecule has 1 aliphatic carbocycles. The summed E-state index contributed by atoms with van der Waals surface area (Å²) in [7, 11) is 0. The van der Waals surface area contributed by atoms with E-state index < -0.39 is 18.7 Å². The van der Waals surface area contributed by atoms with Gasteiger partial charge in [0.25, 0.3) is 0 Å². The Morgan fingerprint density at radius 3 is 2.70 bits per heavy atom. The van der Waals surface area contributed by atoms with Crippen LogP contribution in [0.4, 0.5) is 13.2 Å². The number of halogens is 4. The standard InChI is InChI=1S/C20H22ClF3O3/c21-17-13-14-7-3-1-2-4-9-18(25)27-15(10-11-16(14)19(17)26)8-5-6-12-20(22,23)24/h1,3,5-6,11,13-15H,2,4,7-10,12H2/b3-1-,6-5-,16-11+/t14-,15-/m0/s1. The molecule has 0 spiro atoms. The van der Waals surface area contributed by atoms with Crippen LogP contribution in [0, 0.1) is 5.92 Å². The summed E-state index contributed by atoms with van der Waals surface area (Å²) >= 11 is 5.96. The van der Waals surface area contributed by atoms with Crippen LogP contribution < -0.4 is 0 Å². The number of carbonyl (C=O) groups is 2. The Kier molecular flexibility index (Phi) is 7.90. The summed E-state index contributed by atoms with van der Waals surface area (Å²) in [5, 5.41) is 0.172. The molecule has 0 radical (unpaired) electrons. The van der Waals surface area contributed by atoms with Gasteiger partial charge in [-0.2, -0.15) is 13.2 Å². The number of ketones is 1. The van der Waals surface area contributed by atoms with Crippen LogP contribution in [0.15, 0.2) is 47.1 Å². The van der Waals surface area contributed by atoms with Crippen LogP contribution in [0.3, 0.4) is 0 Å². The number of fused-ring (bicyclic) bond motifs is 1. The summed E-state index contributed by atoms with van der Waals surface area (Å²) in [5.41, 5.74) is 0.546. The molecule has 2 aliphatic rings. The Morgan fingerprint density at radius 2 is 1.96 bits per heavy atom. The quantitative estimate of drug-likeness (QED) is 0.458. The number of esters is 1. The van der Waals surface area contributed by atoms with Crippen molar-refractivity contribution in [3.8, 4) is 0 Å². The number of hydrogen-bond donors (Lipinski definition) is 0. The minimum atomic E-state index is -4.27. The Bertz CT molecular complexity index is 674. The molecule has 148 valence electrons. The van der Waals surface area contributed by atoms with Crippen LogP contribution in [0.5, 0.6) is 0 Å². The second-order valence-electron chi connectivity index (χ2n) is 6.58. The normalized spacial score (nSPS) is 28.3. The first kappa shape index (κ1) is 21.5. The van der Waals surface area contributed by atoms with E-state index in [1.54, 1.807) is 12.2 Å². The van der Waals surface area contributed by atoms with Crippen molar-refractivity contribution in [3.05, 3.63) is 47.1 Å². The largest absolute Gasteiger partial charge is 0.462 e. The van der Waals surface area contributed by atoms with Crippen molar-refractivity contribution in [1.29, 1.82) is 0 Å². The van der Waals surface area contributed by atoms with Crippen molar-refractivity contribution in [2.75, 3.05) is 0 Å². The number of Topliss-reactive ketones (excluding diaryl/α,β-unsaturated/α-hetero) is 1. The predicted octanol–water partition coefficient (Wildman–Crippen LogP) is 5.57. The van der Waals surface area contributed by atoms with Crippen LogP contribution >= 0.6 is 11.6 Å². The molecule has 0 aromatic carbocycles. The molecule has 0 saturated heterocycles. The second kappa shape index (κ2) is 9.93. The van der Waals surface area contributed by atoms with Gasteiger partial charge < -0.3 is 4.74 Å². The number of cyclic esters (lactones) is 1. The zero-order chi connectivity index (χ0) is 19.9. The maximum atomic E-state index is 12.2. The monoisotopic (exact) mass is 402 g/mol. The highest BCUT2D eigenvalue weighted by Gasteiger charge is 2.28. The number of alkyl halides is 3. The smallest absolute Gasteiger partial charge is 0.392 e. The third-order valence-electron chi connectivity index (χ3n) is 4.35. The van der Waals surface area contributed by atoms with Gasteiger partial charge in [-0.3, -0.25) is 9.59 Å². The Labute approximate surface area is 161 Å². The van der Waals surface area contributed by atoms with Gasteiger partial charge in [0.15, 0.2) is 5.78 Å². The molecule has 0 unspecified atom stereocenters. The summed E-state index contributed by atoms with van der Waals surface area (Å²) < 4.78 is 42.1. The number of ether oxygens (including phenoxy) is 1. The molecule has 2 rings (SSSR count). The minimum absolute atomic E-state index is 0.126. The molecule has 0 fully saturated rings. The lowest BCUT2D eigenvalue weighted by Gasteiger charge is -2.16. The zero-order valence-corrected chi connectivity index (χ0v) is 15.6. The fourth-order valence-corrected chi connectivity index (χ4v) is 3.23. The van der Waals surface area contributed by atoms with Crippen molar-refractivity contribution in [2.24, 2.45) is 5.92 Å². The van der Waals surface area contributed by atoms with Gasteiger partial charge in [0.2, 0.25) is 0 Å². The lowest BCUT2D eigenvalue weighted by atomic mass is 9.96. The molecule has 0 amide bonds. The Balaban J connectivity index is 2.11. The maximum Gasteiger partial charge on any atom is 0.392 e. The van der Waals surface area contributed by atoms with Gasteiger partial charge in [0, 0.05) is 30.8 Å². The van der Waals surface area contributed by atoms with Gasteiger partial charge in [-0.15, -0.1) is 0 Å². The molecule has 0 bridgehead atoms. The van der Waals surface area contributed by atoms with Crippen LogP contribution in [-0.4, -0.2) is 24.0 Å². The van der Waals surface area contributed by atoms with E-state index in [9.17, 15) is 22.8 Å². The number of carbonyl (C=O) groups excluding carboxylic acids is 2.